The first kappa shape index (κ1) is 60.7. The highest BCUT2D eigenvalue weighted by atomic mass is 16.6. The third-order valence-electron chi connectivity index (χ3n) is 10.4. The molecule has 65 heavy (non-hydrogen) atoms. The molecule has 0 aromatic rings. The maximum atomic E-state index is 12.7. The van der Waals surface area contributed by atoms with Crippen molar-refractivity contribution in [2.75, 3.05) is 41.0 Å². The Morgan fingerprint density at radius 2 is 0.846 bits per heavy atom. The first-order chi connectivity index (χ1) is 31.6. The molecule has 0 aliphatic heterocycles. The van der Waals surface area contributed by atoms with Gasteiger partial charge in [-0.05, 0) is 89.9 Å². The van der Waals surface area contributed by atoms with Gasteiger partial charge in [-0.1, -0.05) is 180 Å². The van der Waals surface area contributed by atoms with Crippen LogP contribution in [0, 0.1) is 0 Å². The predicted octanol–water partition coefficient (Wildman–Crippen LogP) is 13.2. The van der Waals surface area contributed by atoms with Crippen LogP contribution in [0.25, 0.3) is 0 Å². The quantitative estimate of drug-likeness (QED) is 0.0260. The maximum absolute atomic E-state index is 12.7. The van der Waals surface area contributed by atoms with E-state index in [1.165, 1.54) is 38.5 Å². The number of nitrogens with zero attached hydrogens (tertiary/aromatic N) is 1. The first-order valence-electron chi connectivity index (χ1n) is 25.1. The fourth-order valence-electron chi connectivity index (χ4n) is 6.56. The van der Waals surface area contributed by atoms with Crippen molar-refractivity contribution in [3.63, 3.8) is 0 Å². The molecule has 366 valence electrons. The van der Waals surface area contributed by atoms with Crippen LogP contribution in [0.15, 0.2) is 122 Å². The number of hydrogen-bond donors (Lipinski definition) is 0. The molecule has 0 spiro atoms. The topological polar surface area (TPSA) is 102 Å². The van der Waals surface area contributed by atoms with Gasteiger partial charge >= 0.3 is 11.9 Å². The summed E-state index contributed by atoms with van der Waals surface area (Å²) in [5.74, 6) is -1.87. The molecule has 2 unspecified atom stereocenters. The van der Waals surface area contributed by atoms with E-state index in [9.17, 15) is 19.5 Å². The van der Waals surface area contributed by atoms with Gasteiger partial charge in [0.15, 0.2) is 6.10 Å². The van der Waals surface area contributed by atoms with Crippen molar-refractivity contribution in [1.29, 1.82) is 0 Å². The van der Waals surface area contributed by atoms with Crippen LogP contribution in [-0.2, 0) is 28.6 Å². The zero-order valence-electron chi connectivity index (χ0n) is 41.6. The average molecular weight is 902 g/mol. The normalized spacial score (nSPS) is 13.9. The van der Waals surface area contributed by atoms with E-state index in [1.807, 2.05) is 12.2 Å². The third kappa shape index (κ3) is 44.7. The lowest BCUT2D eigenvalue weighted by molar-refractivity contribution is -0.889. The van der Waals surface area contributed by atoms with Gasteiger partial charge in [0.2, 0.25) is 0 Å². The number of esters is 2. The van der Waals surface area contributed by atoms with Gasteiger partial charge in [-0.3, -0.25) is 9.59 Å². The van der Waals surface area contributed by atoms with Gasteiger partial charge < -0.3 is 28.6 Å². The van der Waals surface area contributed by atoms with E-state index < -0.39 is 24.1 Å². The van der Waals surface area contributed by atoms with E-state index in [0.29, 0.717) is 12.8 Å². The second-order valence-electron chi connectivity index (χ2n) is 17.3. The summed E-state index contributed by atoms with van der Waals surface area (Å²) in [5, 5.41) is 11.7. The largest absolute Gasteiger partial charge is 0.544 e. The number of carboxylic acids is 1. The second-order valence-corrected chi connectivity index (χ2v) is 17.3. The Labute approximate surface area is 397 Å². The lowest BCUT2D eigenvalue weighted by Gasteiger charge is -2.34. The van der Waals surface area contributed by atoms with Crippen molar-refractivity contribution in [2.24, 2.45) is 0 Å². The fraction of sp³-hybridized carbons (Fsp3) is 0.596. The molecule has 0 aromatic carbocycles. The third-order valence-corrected chi connectivity index (χ3v) is 10.4. The summed E-state index contributed by atoms with van der Waals surface area (Å²) >= 11 is 0. The van der Waals surface area contributed by atoms with Gasteiger partial charge in [0.05, 0.1) is 40.3 Å². The molecule has 2 atom stereocenters. The van der Waals surface area contributed by atoms with Crippen molar-refractivity contribution in [3.8, 4) is 0 Å². The summed E-state index contributed by atoms with van der Waals surface area (Å²) in [6, 6.07) is -0.748. The summed E-state index contributed by atoms with van der Waals surface area (Å²) in [4.78, 5) is 37.0. The van der Waals surface area contributed by atoms with Crippen molar-refractivity contribution in [3.05, 3.63) is 122 Å². The Morgan fingerprint density at radius 1 is 0.462 bits per heavy atom. The number of quaternary nitrogens is 1. The smallest absolute Gasteiger partial charge is 0.306 e. The Bertz CT molecular complexity index is 1470. The van der Waals surface area contributed by atoms with E-state index in [-0.39, 0.29) is 43.1 Å². The molecule has 0 heterocycles. The molecule has 0 N–H and O–H groups in total. The Hall–Kier alpha value is -4.27. The van der Waals surface area contributed by atoms with E-state index in [4.69, 9.17) is 14.2 Å². The summed E-state index contributed by atoms with van der Waals surface area (Å²) in [6.07, 6.45) is 65.3. The van der Waals surface area contributed by atoms with Gasteiger partial charge in [0, 0.05) is 19.3 Å². The van der Waals surface area contributed by atoms with E-state index >= 15 is 0 Å². The second kappa shape index (κ2) is 46.3. The van der Waals surface area contributed by atoms with Crippen molar-refractivity contribution in [1.82, 2.24) is 0 Å². The van der Waals surface area contributed by atoms with Gasteiger partial charge in [-0.2, -0.15) is 0 Å². The number of carboxylic acid groups (broad SMARTS) is 1. The van der Waals surface area contributed by atoms with E-state index in [2.05, 4.69) is 123 Å². The molecular weight excluding hydrogens is 811 g/mol. The molecule has 8 heteroatoms. The number of rotatable bonds is 43. The molecular formula is C57H91NO7. The molecule has 0 aliphatic rings. The number of aliphatic carboxylic acids is 1. The van der Waals surface area contributed by atoms with Gasteiger partial charge in [0.1, 0.15) is 12.6 Å². The van der Waals surface area contributed by atoms with Crippen LogP contribution in [0.4, 0.5) is 0 Å². The van der Waals surface area contributed by atoms with Crippen LogP contribution in [0.5, 0.6) is 0 Å². The highest BCUT2D eigenvalue weighted by molar-refractivity contribution is 5.70. The lowest BCUT2D eigenvalue weighted by Crippen LogP contribution is -2.55. The minimum Gasteiger partial charge on any atom is -0.544 e. The molecule has 8 nitrogen and oxygen atoms in total. The monoisotopic (exact) mass is 902 g/mol. The minimum atomic E-state index is -1.14. The fourth-order valence-corrected chi connectivity index (χ4v) is 6.56. The van der Waals surface area contributed by atoms with Gasteiger partial charge in [0.25, 0.3) is 0 Å². The number of likely N-dealkylation sites (N-methyl/N-ethyl adjacent to an activating group) is 1. The summed E-state index contributed by atoms with van der Waals surface area (Å²) in [5.41, 5.74) is 0. The molecule has 0 saturated carbocycles. The molecule has 0 saturated heterocycles. The molecule has 0 bridgehead atoms. The predicted molar refractivity (Wildman–Crippen MR) is 272 cm³/mol. The lowest BCUT2D eigenvalue weighted by atomic mass is 10.1. The highest BCUT2D eigenvalue weighted by Gasteiger charge is 2.25. The van der Waals surface area contributed by atoms with Crippen LogP contribution in [-0.4, -0.2) is 75.5 Å². The van der Waals surface area contributed by atoms with Crippen LogP contribution < -0.4 is 5.11 Å². The molecule has 0 aromatic heterocycles. The Balaban J connectivity index is 4.40. The maximum Gasteiger partial charge on any atom is 0.306 e. The molecule has 0 fully saturated rings. The number of allylic oxidation sites excluding steroid dienone is 20. The Kier molecular flexibility index (Phi) is 43.2. The summed E-state index contributed by atoms with van der Waals surface area (Å²) in [6.45, 7) is 4.33. The van der Waals surface area contributed by atoms with Crippen LogP contribution in [0.1, 0.15) is 168 Å². The average Bonchev–Trinajstić information content (AvgIpc) is 3.27. The van der Waals surface area contributed by atoms with Crippen LogP contribution in [0.2, 0.25) is 0 Å². The van der Waals surface area contributed by atoms with Gasteiger partial charge in [-0.15, -0.1) is 0 Å². The number of unbranched alkanes of at least 4 members (excludes halogenated alkanes) is 9. The first-order valence-corrected chi connectivity index (χ1v) is 25.1. The van der Waals surface area contributed by atoms with Crippen molar-refractivity contribution >= 4 is 17.9 Å². The molecule has 0 amide bonds. The van der Waals surface area contributed by atoms with Gasteiger partial charge in [-0.25, -0.2) is 0 Å². The molecule has 0 rings (SSSR count). The van der Waals surface area contributed by atoms with E-state index in [1.54, 1.807) is 21.1 Å². The number of ether oxygens (including phenoxy) is 3. The number of carbonyl (C=O) groups excluding carboxylic acids is 3. The Morgan fingerprint density at radius 3 is 1.26 bits per heavy atom. The van der Waals surface area contributed by atoms with Crippen molar-refractivity contribution < 1.29 is 38.2 Å². The summed E-state index contributed by atoms with van der Waals surface area (Å²) in [7, 11) is 5.37. The molecule has 0 radical (unpaired) electrons. The zero-order valence-corrected chi connectivity index (χ0v) is 41.6. The zero-order chi connectivity index (χ0) is 47.7. The minimum absolute atomic E-state index is 0.000273. The van der Waals surface area contributed by atoms with E-state index in [0.717, 1.165) is 89.9 Å². The standard InChI is InChI=1S/C57H91NO7/c1-6-8-10-12-14-16-18-20-22-24-26-27-28-30-31-33-35-37-39-41-43-45-47-55(59)64-52-53(51-63-50-49-54(57(61)62)58(3,4)5)65-56(60)48-46-44-42-40-38-36-34-32-29-25-23-21-19-17-15-13-11-9-7-2/h8-11,14-17,20-23,26-27,29,32,36,38,42,44,53-54H,6-7,12-13,18-19,24-25,28,30-31,33-35,37,39-41,43,45-52H2,1-5H3/b10-8+,11-9+,16-14+,17-15+,22-20+,23-21+,27-26+,32-29+,38-36+,44-42+. The molecule has 0 aliphatic carbocycles. The summed E-state index contributed by atoms with van der Waals surface area (Å²) < 4.78 is 17.1. The SMILES string of the molecule is CC/C=C/C/C=C/C/C=C/C/C=C/C/C=C/C/C=C/CCC(=O)OC(COCCC(C(=O)[O-])[N+](C)(C)C)COC(=O)CCCCCCCCCCC/C=C/C/C=C/C/C=C/C/C=C/CC. The van der Waals surface area contributed by atoms with Crippen LogP contribution >= 0.6 is 0 Å². The number of hydrogen-bond acceptors (Lipinski definition) is 7. The number of carbonyl (C=O) groups is 3. The van der Waals surface area contributed by atoms with Crippen molar-refractivity contribution in [2.45, 2.75) is 180 Å². The highest BCUT2D eigenvalue weighted by Crippen LogP contribution is 2.13. The van der Waals surface area contributed by atoms with Crippen LogP contribution in [0.3, 0.4) is 0 Å².